The van der Waals surface area contributed by atoms with E-state index in [-0.39, 0.29) is 23.9 Å². The molecule has 2 amide bonds. The van der Waals surface area contributed by atoms with Crippen molar-refractivity contribution < 1.29 is 9.59 Å². The zero-order chi connectivity index (χ0) is 12.8. The first kappa shape index (κ1) is 13.3. The van der Waals surface area contributed by atoms with Crippen molar-refractivity contribution in [3.8, 4) is 0 Å². The maximum Gasteiger partial charge on any atom is 0.253 e. The van der Waals surface area contributed by atoms with Crippen molar-refractivity contribution in [2.24, 2.45) is 5.73 Å². The Balaban J connectivity index is 2.53. The van der Waals surface area contributed by atoms with Crippen LogP contribution in [0.3, 0.4) is 0 Å². The van der Waals surface area contributed by atoms with Crippen LogP contribution < -0.4 is 16.8 Å². The van der Waals surface area contributed by atoms with Crippen molar-refractivity contribution in [1.82, 2.24) is 5.32 Å². The van der Waals surface area contributed by atoms with E-state index in [9.17, 15) is 9.59 Å². The fourth-order valence-electron chi connectivity index (χ4n) is 1.29. The van der Waals surface area contributed by atoms with Crippen LogP contribution in [0.4, 0.5) is 5.69 Å². The largest absolute Gasteiger partial charge is 0.397 e. The summed E-state index contributed by atoms with van der Waals surface area (Å²) in [5.41, 5.74) is 11.2. The average molecular weight is 256 g/mol. The van der Waals surface area contributed by atoms with Crippen molar-refractivity contribution in [1.29, 1.82) is 0 Å². The zero-order valence-electron chi connectivity index (χ0n) is 9.20. The Morgan fingerprint density at radius 1 is 1.35 bits per heavy atom. The lowest BCUT2D eigenvalue weighted by molar-refractivity contribution is -0.118. The lowest BCUT2D eigenvalue weighted by atomic mass is 10.1. The van der Waals surface area contributed by atoms with Gasteiger partial charge < -0.3 is 16.8 Å². The molecule has 0 fully saturated rings. The van der Waals surface area contributed by atoms with Crippen LogP contribution >= 0.6 is 11.6 Å². The lowest BCUT2D eigenvalue weighted by Gasteiger charge is -2.07. The van der Waals surface area contributed by atoms with Gasteiger partial charge in [-0.3, -0.25) is 9.59 Å². The molecule has 0 radical (unpaired) electrons. The number of amides is 2. The summed E-state index contributed by atoms with van der Waals surface area (Å²) in [6.45, 7) is 0.369. The molecule has 5 nitrogen and oxygen atoms in total. The van der Waals surface area contributed by atoms with Crippen molar-refractivity contribution in [2.45, 2.75) is 12.8 Å². The smallest absolute Gasteiger partial charge is 0.253 e. The third-order valence-electron chi connectivity index (χ3n) is 2.18. The third-order valence-corrected chi connectivity index (χ3v) is 2.51. The number of nitrogen functional groups attached to an aromatic ring is 1. The summed E-state index contributed by atoms with van der Waals surface area (Å²) in [5, 5.41) is 2.98. The third kappa shape index (κ3) is 3.96. The Labute approximate surface area is 104 Å². The molecule has 0 heterocycles. The summed E-state index contributed by atoms with van der Waals surface area (Å²) >= 11 is 5.79. The minimum Gasteiger partial charge on any atom is -0.397 e. The fraction of sp³-hybridized carbons (Fsp3) is 0.273. The summed E-state index contributed by atoms with van der Waals surface area (Å²) in [5.74, 6) is -0.698. The number of nitrogens with two attached hydrogens (primary N) is 2. The number of carbonyl (C=O) groups excluding carboxylic acids is 2. The zero-order valence-corrected chi connectivity index (χ0v) is 9.96. The molecule has 0 spiro atoms. The second-order valence-corrected chi connectivity index (χ2v) is 3.93. The Morgan fingerprint density at radius 3 is 2.71 bits per heavy atom. The second-order valence-electron chi connectivity index (χ2n) is 3.53. The van der Waals surface area contributed by atoms with E-state index in [0.717, 1.165) is 0 Å². The quantitative estimate of drug-likeness (QED) is 0.539. The van der Waals surface area contributed by atoms with Gasteiger partial charge in [0.05, 0.1) is 16.3 Å². The van der Waals surface area contributed by atoms with Crippen molar-refractivity contribution in [3.05, 3.63) is 28.8 Å². The molecule has 0 atom stereocenters. The van der Waals surface area contributed by atoms with Gasteiger partial charge >= 0.3 is 0 Å². The molecule has 0 aliphatic heterocycles. The molecule has 1 rings (SSSR count). The van der Waals surface area contributed by atoms with Gasteiger partial charge in [-0.05, 0) is 18.6 Å². The molecule has 1 aromatic carbocycles. The molecular weight excluding hydrogens is 242 g/mol. The number of primary amides is 1. The van der Waals surface area contributed by atoms with Crippen LogP contribution in [-0.2, 0) is 4.79 Å². The number of para-hydroxylation sites is 1. The van der Waals surface area contributed by atoms with Gasteiger partial charge in [0.1, 0.15) is 0 Å². The molecule has 5 N–H and O–H groups in total. The second kappa shape index (κ2) is 6.10. The highest BCUT2D eigenvalue weighted by Gasteiger charge is 2.10. The summed E-state index contributed by atoms with van der Waals surface area (Å²) in [6.07, 6.45) is 0.743. The first-order chi connectivity index (χ1) is 8.02. The summed E-state index contributed by atoms with van der Waals surface area (Å²) < 4.78 is 0. The standard InChI is InChI=1S/C11H14ClN3O2/c12-8-4-1-3-7(10(8)14)11(17)15-6-2-5-9(13)16/h1,3-4H,2,5-6,14H2,(H2,13,16)(H,15,17). The Kier molecular flexibility index (Phi) is 4.78. The van der Waals surface area contributed by atoms with Crippen LogP contribution in [0, 0.1) is 0 Å². The van der Waals surface area contributed by atoms with Crippen molar-refractivity contribution >= 4 is 29.1 Å². The Bertz CT molecular complexity index is 435. The van der Waals surface area contributed by atoms with E-state index >= 15 is 0 Å². The van der Waals surface area contributed by atoms with E-state index in [4.69, 9.17) is 23.1 Å². The van der Waals surface area contributed by atoms with Crippen LogP contribution in [0.5, 0.6) is 0 Å². The topological polar surface area (TPSA) is 98.2 Å². The molecular formula is C11H14ClN3O2. The van der Waals surface area contributed by atoms with Gasteiger partial charge in [0.15, 0.2) is 0 Å². The van der Waals surface area contributed by atoms with Crippen LogP contribution in [0.2, 0.25) is 5.02 Å². The minimum absolute atomic E-state index is 0.241. The van der Waals surface area contributed by atoms with Gasteiger partial charge in [0.2, 0.25) is 5.91 Å². The normalized spacial score (nSPS) is 9.94. The van der Waals surface area contributed by atoms with E-state index in [1.807, 2.05) is 0 Å². The van der Waals surface area contributed by atoms with Gasteiger partial charge in [-0.1, -0.05) is 17.7 Å². The first-order valence-corrected chi connectivity index (χ1v) is 5.50. The van der Waals surface area contributed by atoms with Gasteiger partial charge in [-0.25, -0.2) is 0 Å². The van der Waals surface area contributed by atoms with E-state index in [2.05, 4.69) is 5.32 Å². The van der Waals surface area contributed by atoms with E-state index < -0.39 is 0 Å². The maximum atomic E-state index is 11.7. The number of carbonyl (C=O) groups is 2. The highest BCUT2D eigenvalue weighted by atomic mass is 35.5. The van der Waals surface area contributed by atoms with Crippen molar-refractivity contribution in [3.63, 3.8) is 0 Å². The van der Waals surface area contributed by atoms with Crippen LogP contribution in [0.1, 0.15) is 23.2 Å². The van der Waals surface area contributed by atoms with Gasteiger partial charge in [-0.2, -0.15) is 0 Å². The highest BCUT2D eigenvalue weighted by molar-refractivity contribution is 6.33. The van der Waals surface area contributed by atoms with Crippen LogP contribution in [0.15, 0.2) is 18.2 Å². The number of benzene rings is 1. The number of halogens is 1. The highest BCUT2D eigenvalue weighted by Crippen LogP contribution is 2.22. The van der Waals surface area contributed by atoms with Gasteiger partial charge in [0.25, 0.3) is 5.91 Å². The predicted octanol–water partition coefficient (Wildman–Crippen LogP) is 0.917. The summed E-state index contributed by atoms with van der Waals surface area (Å²) in [6, 6.07) is 4.85. The van der Waals surface area contributed by atoms with E-state index in [1.165, 1.54) is 0 Å². The van der Waals surface area contributed by atoms with E-state index in [1.54, 1.807) is 18.2 Å². The van der Waals surface area contributed by atoms with Gasteiger partial charge in [-0.15, -0.1) is 0 Å². The number of nitrogens with one attached hydrogen (secondary N) is 1. The number of hydrogen-bond donors (Lipinski definition) is 3. The lowest BCUT2D eigenvalue weighted by Crippen LogP contribution is -2.26. The molecule has 0 aromatic heterocycles. The molecule has 0 bridgehead atoms. The molecule has 0 aliphatic carbocycles. The number of anilines is 1. The first-order valence-electron chi connectivity index (χ1n) is 5.13. The molecule has 1 aromatic rings. The molecule has 17 heavy (non-hydrogen) atoms. The van der Waals surface area contributed by atoms with Crippen LogP contribution in [-0.4, -0.2) is 18.4 Å². The Hall–Kier alpha value is -1.75. The monoisotopic (exact) mass is 255 g/mol. The molecule has 0 unspecified atom stereocenters. The SMILES string of the molecule is NC(=O)CCCNC(=O)c1cccc(Cl)c1N. The van der Waals surface area contributed by atoms with E-state index in [0.29, 0.717) is 23.6 Å². The minimum atomic E-state index is -0.387. The number of rotatable bonds is 5. The molecule has 6 heteroatoms. The fourth-order valence-corrected chi connectivity index (χ4v) is 1.47. The predicted molar refractivity (Wildman–Crippen MR) is 66.6 cm³/mol. The molecule has 0 saturated carbocycles. The number of hydrogen-bond acceptors (Lipinski definition) is 3. The Morgan fingerprint density at radius 2 is 2.06 bits per heavy atom. The molecule has 0 aliphatic rings. The maximum absolute atomic E-state index is 11.7. The molecule has 0 saturated heterocycles. The summed E-state index contributed by atoms with van der Waals surface area (Å²) in [7, 11) is 0. The van der Waals surface area contributed by atoms with Gasteiger partial charge in [0, 0.05) is 13.0 Å². The van der Waals surface area contributed by atoms with Crippen molar-refractivity contribution in [2.75, 3.05) is 12.3 Å². The average Bonchev–Trinajstić information content (AvgIpc) is 2.27. The molecule has 92 valence electrons. The summed E-state index contributed by atoms with van der Waals surface area (Å²) in [4.78, 5) is 22.2. The van der Waals surface area contributed by atoms with Crippen LogP contribution in [0.25, 0.3) is 0 Å².